The van der Waals surface area contributed by atoms with Gasteiger partial charge in [-0.1, -0.05) is 0 Å². The van der Waals surface area contributed by atoms with Gasteiger partial charge in [0.1, 0.15) is 0 Å². The van der Waals surface area contributed by atoms with Crippen molar-refractivity contribution in [3.8, 4) is 0 Å². The molecule has 1 atom stereocenters. The first kappa shape index (κ1) is 14.3. The van der Waals surface area contributed by atoms with Crippen LogP contribution in [0.3, 0.4) is 0 Å². The number of carbonyl (C=O) groups is 1. The second kappa shape index (κ2) is 6.83. The van der Waals surface area contributed by atoms with Gasteiger partial charge in [0.25, 0.3) is 0 Å². The maximum Gasteiger partial charge on any atom is 0.389 e. The number of amides is 1. The molecule has 1 rings (SSSR count). The van der Waals surface area contributed by atoms with Crippen LogP contribution in [-0.4, -0.2) is 31.2 Å². The van der Waals surface area contributed by atoms with E-state index in [-0.39, 0.29) is 18.4 Å². The molecule has 3 nitrogen and oxygen atoms in total. The number of unbranched alkanes of at least 4 members (excludes halogenated alkanes) is 1. The van der Waals surface area contributed by atoms with Gasteiger partial charge >= 0.3 is 6.18 Å². The maximum absolute atomic E-state index is 11.8. The molecule has 0 spiro atoms. The Balaban J connectivity index is 1.96. The lowest BCUT2D eigenvalue weighted by Crippen LogP contribution is -2.32. The van der Waals surface area contributed by atoms with Gasteiger partial charge in [0.15, 0.2) is 0 Å². The summed E-state index contributed by atoms with van der Waals surface area (Å²) in [6, 6.07) is 0.241. The Morgan fingerprint density at radius 2 is 2.12 bits per heavy atom. The maximum atomic E-state index is 11.8. The molecule has 17 heavy (non-hydrogen) atoms. The third-order valence-electron chi connectivity index (χ3n) is 2.80. The lowest BCUT2D eigenvalue weighted by molar-refractivity contribution is -0.135. The van der Waals surface area contributed by atoms with Crippen molar-refractivity contribution < 1.29 is 18.0 Å². The first-order chi connectivity index (χ1) is 7.97. The number of hydrogen-bond acceptors (Lipinski definition) is 2. The van der Waals surface area contributed by atoms with Gasteiger partial charge in [-0.3, -0.25) is 4.79 Å². The first-order valence-electron chi connectivity index (χ1n) is 6.04. The van der Waals surface area contributed by atoms with Crippen LogP contribution in [0, 0.1) is 0 Å². The molecule has 2 N–H and O–H groups in total. The Labute approximate surface area is 99.1 Å². The molecule has 0 radical (unpaired) electrons. The fraction of sp³-hybridized carbons (Fsp3) is 0.909. The summed E-state index contributed by atoms with van der Waals surface area (Å²) in [5.74, 6) is -0.0728. The van der Waals surface area contributed by atoms with Gasteiger partial charge in [-0.2, -0.15) is 13.2 Å². The third-order valence-corrected chi connectivity index (χ3v) is 2.80. The second-order valence-corrected chi connectivity index (χ2v) is 4.42. The summed E-state index contributed by atoms with van der Waals surface area (Å²) >= 11 is 0. The van der Waals surface area contributed by atoms with Crippen LogP contribution in [0.25, 0.3) is 0 Å². The molecule has 6 heteroatoms. The minimum atomic E-state index is -4.09. The van der Waals surface area contributed by atoms with Crippen molar-refractivity contribution in [2.45, 2.75) is 50.7 Å². The van der Waals surface area contributed by atoms with Crippen LogP contribution < -0.4 is 10.6 Å². The summed E-state index contributed by atoms with van der Waals surface area (Å²) in [7, 11) is 0. The normalized spacial score (nSPS) is 20.5. The standard InChI is InChI=1S/C11H19F3N2O/c12-11(13,14)5-1-2-6-16-10(17)8-9-4-3-7-15-9/h9,15H,1-8H2,(H,16,17). The predicted octanol–water partition coefficient (Wildman–Crippen LogP) is 1.98. The fourth-order valence-corrected chi connectivity index (χ4v) is 1.91. The molecule has 1 heterocycles. The van der Waals surface area contributed by atoms with Gasteiger partial charge in [-0.05, 0) is 32.2 Å². The monoisotopic (exact) mass is 252 g/mol. The molecule has 0 saturated carbocycles. The molecular weight excluding hydrogens is 233 g/mol. The minimum absolute atomic E-state index is 0.0728. The molecular formula is C11H19F3N2O. The van der Waals surface area contributed by atoms with Crippen molar-refractivity contribution >= 4 is 5.91 Å². The van der Waals surface area contributed by atoms with E-state index in [0.29, 0.717) is 19.4 Å². The molecule has 1 unspecified atom stereocenters. The van der Waals surface area contributed by atoms with Crippen molar-refractivity contribution in [1.82, 2.24) is 10.6 Å². The lowest BCUT2D eigenvalue weighted by Gasteiger charge is -2.10. The van der Waals surface area contributed by atoms with Crippen LogP contribution in [0.2, 0.25) is 0 Å². The summed E-state index contributed by atoms with van der Waals surface area (Å²) in [6.07, 6.45) is -1.88. The Morgan fingerprint density at radius 1 is 1.35 bits per heavy atom. The molecule has 1 aliphatic heterocycles. The molecule has 0 aliphatic carbocycles. The number of rotatable bonds is 6. The van der Waals surface area contributed by atoms with Crippen LogP contribution in [0.1, 0.15) is 38.5 Å². The van der Waals surface area contributed by atoms with E-state index in [1.807, 2.05) is 0 Å². The number of alkyl halides is 3. The van der Waals surface area contributed by atoms with Gasteiger partial charge in [0, 0.05) is 25.4 Å². The zero-order chi connectivity index (χ0) is 12.7. The van der Waals surface area contributed by atoms with E-state index in [9.17, 15) is 18.0 Å². The summed E-state index contributed by atoms with van der Waals surface area (Å²) in [4.78, 5) is 11.4. The van der Waals surface area contributed by atoms with E-state index in [1.54, 1.807) is 0 Å². The lowest BCUT2D eigenvalue weighted by atomic mass is 10.1. The molecule has 0 aromatic rings. The van der Waals surface area contributed by atoms with E-state index < -0.39 is 12.6 Å². The fourth-order valence-electron chi connectivity index (χ4n) is 1.91. The zero-order valence-electron chi connectivity index (χ0n) is 9.78. The molecule has 0 aromatic heterocycles. The molecule has 100 valence electrons. The quantitative estimate of drug-likeness (QED) is 0.710. The molecule has 1 aliphatic rings. The van der Waals surface area contributed by atoms with Gasteiger partial charge in [-0.15, -0.1) is 0 Å². The Kier molecular flexibility index (Phi) is 5.74. The van der Waals surface area contributed by atoms with E-state index in [0.717, 1.165) is 19.4 Å². The van der Waals surface area contributed by atoms with Crippen molar-refractivity contribution in [1.29, 1.82) is 0 Å². The Morgan fingerprint density at radius 3 is 2.71 bits per heavy atom. The molecule has 1 fully saturated rings. The van der Waals surface area contributed by atoms with Gasteiger partial charge in [0.05, 0.1) is 0 Å². The van der Waals surface area contributed by atoms with E-state index in [1.165, 1.54) is 0 Å². The zero-order valence-corrected chi connectivity index (χ0v) is 9.78. The molecule has 1 amide bonds. The minimum Gasteiger partial charge on any atom is -0.356 e. The van der Waals surface area contributed by atoms with Crippen molar-refractivity contribution in [2.24, 2.45) is 0 Å². The average Bonchev–Trinajstić information content (AvgIpc) is 2.68. The van der Waals surface area contributed by atoms with E-state index in [2.05, 4.69) is 10.6 Å². The number of hydrogen-bond donors (Lipinski definition) is 2. The summed E-state index contributed by atoms with van der Waals surface area (Å²) in [5, 5.41) is 5.85. The van der Waals surface area contributed by atoms with Crippen molar-refractivity contribution in [3.63, 3.8) is 0 Å². The summed E-state index contributed by atoms with van der Waals surface area (Å²) in [5.41, 5.74) is 0. The highest BCUT2D eigenvalue weighted by atomic mass is 19.4. The second-order valence-electron chi connectivity index (χ2n) is 4.42. The predicted molar refractivity (Wildman–Crippen MR) is 58.6 cm³/mol. The van der Waals surface area contributed by atoms with Crippen molar-refractivity contribution in [2.75, 3.05) is 13.1 Å². The van der Waals surface area contributed by atoms with Crippen LogP contribution in [0.5, 0.6) is 0 Å². The largest absolute Gasteiger partial charge is 0.389 e. The third kappa shape index (κ3) is 7.20. The van der Waals surface area contributed by atoms with Crippen molar-refractivity contribution in [3.05, 3.63) is 0 Å². The van der Waals surface area contributed by atoms with Gasteiger partial charge < -0.3 is 10.6 Å². The molecule has 0 aromatic carbocycles. The highest BCUT2D eigenvalue weighted by molar-refractivity contribution is 5.76. The number of halogens is 3. The Hall–Kier alpha value is -0.780. The summed E-state index contributed by atoms with van der Waals surface area (Å²) in [6.45, 7) is 1.28. The Bertz CT molecular complexity index is 237. The first-order valence-corrected chi connectivity index (χ1v) is 6.04. The highest BCUT2D eigenvalue weighted by Crippen LogP contribution is 2.21. The van der Waals surface area contributed by atoms with Crippen LogP contribution in [-0.2, 0) is 4.79 Å². The van der Waals surface area contributed by atoms with E-state index >= 15 is 0 Å². The average molecular weight is 252 g/mol. The van der Waals surface area contributed by atoms with E-state index in [4.69, 9.17) is 0 Å². The number of nitrogens with one attached hydrogen (secondary N) is 2. The van der Waals surface area contributed by atoms with Gasteiger partial charge in [0.2, 0.25) is 5.91 Å². The molecule has 0 bridgehead atoms. The van der Waals surface area contributed by atoms with Crippen LogP contribution >= 0.6 is 0 Å². The number of carbonyl (C=O) groups excluding carboxylic acids is 1. The smallest absolute Gasteiger partial charge is 0.356 e. The van der Waals surface area contributed by atoms with Crippen LogP contribution in [0.15, 0.2) is 0 Å². The molecule has 1 saturated heterocycles. The van der Waals surface area contributed by atoms with Crippen LogP contribution in [0.4, 0.5) is 13.2 Å². The topological polar surface area (TPSA) is 41.1 Å². The SMILES string of the molecule is O=C(CC1CCCN1)NCCCCC(F)(F)F. The highest BCUT2D eigenvalue weighted by Gasteiger charge is 2.25. The summed E-state index contributed by atoms with van der Waals surface area (Å²) < 4.78 is 35.4. The van der Waals surface area contributed by atoms with Gasteiger partial charge in [-0.25, -0.2) is 0 Å².